The number of nitrogens with one attached hydrogen (secondary N) is 1. The van der Waals surface area contributed by atoms with Crippen molar-refractivity contribution in [1.29, 1.82) is 0 Å². The molecule has 0 bridgehead atoms. The molecule has 0 atom stereocenters. The summed E-state index contributed by atoms with van der Waals surface area (Å²) < 4.78 is 0. The molecule has 0 radical (unpaired) electrons. The molecule has 2 rings (SSSR count). The Labute approximate surface area is 86.5 Å². The molecular weight excluding hydrogens is 198 g/mol. The van der Waals surface area contributed by atoms with Crippen molar-refractivity contribution < 1.29 is 0 Å². The van der Waals surface area contributed by atoms with Gasteiger partial charge < -0.3 is 4.98 Å². The van der Waals surface area contributed by atoms with Gasteiger partial charge in [-0.25, -0.2) is 0 Å². The van der Waals surface area contributed by atoms with Crippen molar-refractivity contribution in [2.24, 2.45) is 0 Å². The molecule has 0 fully saturated rings. The Bertz CT molecular complexity index is 530. The zero-order valence-electron chi connectivity index (χ0n) is 7.80. The fourth-order valence-corrected chi connectivity index (χ4v) is 1.70. The average molecular weight is 208 g/mol. The van der Waals surface area contributed by atoms with Gasteiger partial charge in [0.05, 0.1) is 10.5 Å². The van der Waals surface area contributed by atoms with Crippen molar-refractivity contribution in [1.82, 2.24) is 4.98 Å². The summed E-state index contributed by atoms with van der Waals surface area (Å²) in [5, 5.41) is 1.24. The number of benzene rings is 1. The molecule has 0 unspecified atom stereocenters. The van der Waals surface area contributed by atoms with Crippen molar-refractivity contribution in [3.05, 3.63) is 45.2 Å². The van der Waals surface area contributed by atoms with Crippen LogP contribution in [0, 0.1) is 0 Å². The molecule has 2 aromatic rings. The van der Waals surface area contributed by atoms with Gasteiger partial charge in [-0.1, -0.05) is 24.6 Å². The van der Waals surface area contributed by atoms with E-state index < -0.39 is 0 Å². The van der Waals surface area contributed by atoms with E-state index in [9.17, 15) is 4.79 Å². The van der Waals surface area contributed by atoms with E-state index >= 15 is 0 Å². The van der Waals surface area contributed by atoms with E-state index in [0.29, 0.717) is 10.4 Å². The summed E-state index contributed by atoms with van der Waals surface area (Å²) in [5.41, 5.74) is 1.67. The van der Waals surface area contributed by atoms with Crippen LogP contribution >= 0.6 is 11.6 Å². The third-order valence-corrected chi connectivity index (χ3v) is 2.57. The van der Waals surface area contributed by atoms with E-state index in [0.717, 1.165) is 17.6 Å². The van der Waals surface area contributed by atoms with Crippen LogP contribution in [0.3, 0.4) is 0 Å². The van der Waals surface area contributed by atoms with Crippen LogP contribution in [0.2, 0.25) is 5.02 Å². The summed E-state index contributed by atoms with van der Waals surface area (Å²) in [6.45, 7) is 1.99. The molecule has 0 aliphatic heterocycles. The van der Waals surface area contributed by atoms with Crippen molar-refractivity contribution in [3.63, 3.8) is 0 Å². The topological polar surface area (TPSA) is 32.9 Å². The number of para-hydroxylation sites is 1. The maximum atomic E-state index is 11.6. The van der Waals surface area contributed by atoms with Gasteiger partial charge in [-0.2, -0.15) is 0 Å². The highest BCUT2D eigenvalue weighted by atomic mass is 35.5. The van der Waals surface area contributed by atoms with E-state index in [2.05, 4.69) is 4.98 Å². The highest BCUT2D eigenvalue weighted by molar-refractivity contribution is 6.35. The van der Waals surface area contributed by atoms with E-state index in [-0.39, 0.29) is 5.43 Å². The summed E-state index contributed by atoms with van der Waals surface area (Å²) in [4.78, 5) is 14.8. The van der Waals surface area contributed by atoms with E-state index in [4.69, 9.17) is 11.6 Å². The normalized spacial score (nSPS) is 10.7. The van der Waals surface area contributed by atoms with Gasteiger partial charge in [0.2, 0.25) is 0 Å². The van der Waals surface area contributed by atoms with Crippen LogP contribution in [-0.2, 0) is 6.42 Å². The minimum atomic E-state index is 0.0260. The fourth-order valence-electron chi connectivity index (χ4n) is 1.48. The van der Waals surface area contributed by atoms with Crippen LogP contribution in [-0.4, -0.2) is 4.98 Å². The number of hydrogen-bond acceptors (Lipinski definition) is 1. The van der Waals surface area contributed by atoms with Crippen LogP contribution in [0.5, 0.6) is 0 Å². The summed E-state index contributed by atoms with van der Waals surface area (Å²) in [5.74, 6) is 0. The first-order valence-corrected chi connectivity index (χ1v) is 4.90. The first kappa shape index (κ1) is 9.28. The Balaban J connectivity index is 2.91. The number of aryl methyl sites for hydroxylation is 1. The summed E-state index contributed by atoms with van der Waals surface area (Å²) >= 11 is 5.99. The summed E-state index contributed by atoms with van der Waals surface area (Å²) in [6, 6.07) is 6.96. The van der Waals surface area contributed by atoms with Gasteiger partial charge in [0.15, 0.2) is 5.43 Å². The first-order valence-electron chi connectivity index (χ1n) is 4.53. The molecule has 0 spiro atoms. The fraction of sp³-hybridized carbons (Fsp3) is 0.182. The van der Waals surface area contributed by atoms with E-state index in [1.807, 2.05) is 6.92 Å². The number of halogens is 1. The largest absolute Gasteiger partial charge is 0.357 e. The van der Waals surface area contributed by atoms with Gasteiger partial charge in [0.25, 0.3) is 0 Å². The van der Waals surface area contributed by atoms with E-state index in [1.165, 1.54) is 0 Å². The number of aromatic amines is 1. The number of pyridine rings is 1. The lowest BCUT2D eigenvalue weighted by Gasteiger charge is -2.02. The lowest BCUT2D eigenvalue weighted by molar-refractivity contribution is 1.05. The summed E-state index contributed by atoms with van der Waals surface area (Å²) in [7, 11) is 0. The number of hydrogen-bond donors (Lipinski definition) is 1. The maximum absolute atomic E-state index is 11.6. The van der Waals surface area contributed by atoms with Gasteiger partial charge in [0, 0.05) is 17.1 Å². The predicted octanol–water partition coefficient (Wildman–Crippen LogP) is 2.74. The molecule has 0 amide bonds. The molecule has 2 nitrogen and oxygen atoms in total. The van der Waals surface area contributed by atoms with Gasteiger partial charge in [-0.05, 0) is 18.6 Å². The molecule has 0 saturated heterocycles. The van der Waals surface area contributed by atoms with Crippen LogP contribution in [0.1, 0.15) is 12.6 Å². The van der Waals surface area contributed by atoms with Crippen LogP contribution in [0.4, 0.5) is 0 Å². The molecule has 1 aromatic heterocycles. The second kappa shape index (κ2) is 3.46. The second-order valence-electron chi connectivity index (χ2n) is 3.17. The second-order valence-corrected chi connectivity index (χ2v) is 3.58. The zero-order chi connectivity index (χ0) is 10.1. The Morgan fingerprint density at radius 3 is 2.93 bits per heavy atom. The maximum Gasteiger partial charge on any atom is 0.189 e. The molecule has 3 heteroatoms. The highest BCUT2D eigenvalue weighted by Gasteiger charge is 2.03. The van der Waals surface area contributed by atoms with Crippen molar-refractivity contribution in [3.8, 4) is 0 Å². The van der Waals surface area contributed by atoms with Gasteiger partial charge in [-0.3, -0.25) is 4.79 Å². The standard InChI is InChI=1S/C11H10ClNO/c1-2-7-6-10(14)8-4-3-5-9(12)11(8)13-7/h3-6H,2H2,1H3,(H,13,14). The molecule has 0 aliphatic carbocycles. The quantitative estimate of drug-likeness (QED) is 0.767. The lowest BCUT2D eigenvalue weighted by Crippen LogP contribution is -2.04. The average Bonchev–Trinajstić information content (AvgIpc) is 2.19. The Hall–Kier alpha value is -1.28. The lowest BCUT2D eigenvalue weighted by atomic mass is 10.2. The van der Waals surface area contributed by atoms with Crippen molar-refractivity contribution in [2.45, 2.75) is 13.3 Å². The molecular formula is C11H10ClNO. The molecule has 1 heterocycles. The van der Waals surface area contributed by atoms with Crippen LogP contribution in [0.25, 0.3) is 10.9 Å². The van der Waals surface area contributed by atoms with Gasteiger partial charge in [0.1, 0.15) is 0 Å². The highest BCUT2D eigenvalue weighted by Crippen LogP contribution is 2.18. The smallest absolute Gasteiger partial charge is 0.189 e. The van der Waals surface area contributed by atoms with Crippen LogP contribution < -0.4 is 5.43 Å². The Morgan fingerprint density at radius 2 is 2.21 bits per heavy atom. The zero-order valence-corrected chi connectivity index (χ0v) is 8.56. The van der Waals surface area contributed by atoms with Crippen molar-refractivity contribution >= 4 is 22.5 Å². The van der Waals surface area contributed by atoms with Gasteiger partial charge in [-0.15, -0.1) is 0 Å². The SMILES string of the molecule is CCc1cc(=O)c2cccc(Cl)c2[nH]1. The predicted molar refractivity (Wildman–Crippen MR) is 59.0 cm³/mol. The van der Waals surface area contributed by atoms with Crippen molar-refractivity contribution in [2.75, 3.05) is 0 Å². The third kappa shape index (κ3) is 1.42. The Kier molecular flexibility index (Phi) is 2.30. The molecule has 14 heavy (non-hydrogen) atoms. The number of rotatable bonds is 1. The van der Waals surface area contributed by atoms with E-state index in [1.54, 1.807) is 24.3 Å². The number of fused-ring (bicyclic) bond motifs is 1. The molecule has 0 aliphatic rings. The molecule has 72 valence electrons. The monoisotopic (exact) mass is 207 g/mol. The number of aromatic nitrogens is 1. The third-order valence-electron chi connectivity index (χ3n) is 2.25. The minimum Gasteiger partial charge on any atom is -0.357 e. The molecule has 1 aromatic carbocycles. The first-order chi connectivity index (χ1) is 6.72. The number of H-pyrrole nitrogens is 1. The molecule has 1 N–H and O–H groups in total. The minimum absolute atomic E-state index is 0.0260. The van der Waals surface area contributed by atoms with Gasteiger partial charge >= 0.3 is 0 Å². The van der Waals surface area contributed by atoms with Crippen LogP contribution in [0.15, 0.2) is 29.1 Å². The molecule has 0 saturated carbocycles. The summed E-state index contributed by atoms with van der Waals surface area (Å²) in [6.07, 6.45) is 0.802. The Morgan fingerprint density at radius 1 is 1.43 bits per heavy atom.